The first kappa shape index (κ1) is 13.3. The van der Waals surface area contributed by atoms with Crippen molar-refractivity contribution in [3.8, 4) is 0 Å². The largest absolute Gasteiger partial charge is 0.388 e. The monoisotopic (exact) mass is 272 g/mol. The summed E-state index contributed by atoms with van der Waals surface area (Å²) < 4.78 is 18.7. The van der Waals surface area contributed by atoms with Crippen LogP contribution in [0.5, 0.6) is 0 Å². The molecule has 2 nitrogen and oxygen atoms in total. The first-order valence-corrected chi connectivity index (χ1v) is 6.87. The second kappa shape index (κ2) is 5.73. The highest BCUT2D eigenvalue weighted by Gasteiger charge is 2.23. The number of benzene rings is 2. The molecule has 1 aliphatic rings. The first-order chi connectivity index (χ1) is 9.74. The molecule has 104 valence electrons. The maximum atomic E-state index is 12.9. The van der Waals surface area contributed by atoms with Crippen molar-refractivity contribution in [1.82, 2.24) is 0 Å². The van der Waals surface area contributed by atoms with Crippen LogP contribution in [0, 0.1) is 5.82 Å². The number of hydrogen-bond acceptors (Lipinski definition) is 2. The van der Waals surface area contributed by atoms with Crippen LogP contribution >= 0.6 is 0 Å². The normalized spacial score (nSPS) is 19.4. The van der Waals surface area contributed by atoms with Crippen molar-refractivity contribution in [3.05, 3.63) is 71.0 Å². The standard InChI is InChI=1S/C17H17FO2/c18-14-7-5-13(6-8-14)16(19)11-17-15-4-2-1-3-12(15)9-10-20-17/h1-8,16-17,19H,9-11H2. The van der Waals surface area contributed by atoms with E-state index in [4.69, 9.17) is 4.74 Å². The molecule has 0 amide bonds. The highest BCUT2D eigenvalue weighted by Crippen LogP contribution is 2.34. The third-order valence-corrected chi connectivity index (χ3v) is 3.78. The topological polar surface area (TPSA) is 29.5 Å². The summed E-state index contributed by atoms with van der Waals surface area (Å²) >= 11 is 0. The van der Waals surface area contributed by atoms with E-state index < -0.39 is 6.10 Å². The van der Waals surface area contributed by atoms with Crippen LogP contribution in [0.1, 0.15) is 35.3 Å². The minimum absolute atomic E-state index is 0.0972. The van der Waals surface area contributed by atoms with E-state index in [1.807, 2.05) is 12.1 Å². The van der Waals surface area contributed by atoms with Crippen LogP contribution < -0.4 is 0 Å². The van der Waals surface area contributed by atoms with Gasteiger partial charge in [-0.2, -0.15) is 0 Å². The molecule has 1 N–H and O–H groups in total. The van der Waals surface area contributed by atoms with Crippen molar-refractivity contribution in [2.45, 2.75) is 25.0 Å². The van der Waals surface area contributed by atoms with Crippen molar-refractivity contribution in [2.24, 2.45) is 0 Å². The lowest BCUT2D eigenvalue weighted by molar-refractivity contribution is 0.00376. The highest BCUT2D eigenvalue weighted by molar-refractivity contribution is 5.31. The lowest BCUT2D eigenvalue weighted by Gasteiger charge is -2.27. The molecule has 0 saturated heterocycles. The molecule has 2 aromatic carbocycles. The van der Waals surface area contributed by atoms with Gasteiger partial charge in [0.1, 0.15) is 5.82 Å². The second-order valence-corrected chi connectivity index (χ2v) is 5.11. The Morgan fingerprint density at radius 3 is 2.70 bits per heavy atom. The van der Waals surface area contributed by atoms with Crippen LogP contribution in [0.3, 0.4) is 0 Å². The average molecular weight is 272 g/mol. The lowest BCUT2D eigenvalue weighted by atomic mass is 9.92. The summed E-state index contributed by atoms with van der Waals surface area (Å²) in [7, 11) is 0. The summed E-state index contributed by atoms with van der Waals surface area (Å²) in [6.45, 7) is 0.678. The zero-order valence-corrected chi connectivity index (χ0v) is 11.1. The van der Waals surface area contributed by atoms with E-state index in [9.17, 15) is 9.50 Å². The van der Waals surface area contributed by atoms with Crippen LogP contribution in [-0.4, -0.2) is 11.7 Å². The molecule has 0 saturated carbocycles. The fraction of sp³-hybridized carbons (Fsp3) is 0.294. The molecule has 1 heterocycles. The third-order valence-electron chi connectivity index (χ3n) is 3.78. The Morgan fingerprint density at radius 2 is 1.90 bits per heavy atom. The molecule has 3 rings (SSSR count). The van der Waals surface area contributed by atoms with E-state index in [1.165, 1.54) is 17.7 Å². The van der Waals surface area contributed by atoms with Crippen LogP contribution in [-0.2, 0) is 11.2 Å². The van der Waals surface area contributed by atoms with Gasteiger partial charge in [-0.25, -0.2) is 4.39 Å². The molecule has 0 spiro atoms. The number of rotatable bonds is 3. The molecule has 0 aliphatic carbocycles. The molecule has 0 fully saturated rings. The van der Waals surface area contributed by atoms with Crippen molar-refractivity contribution < 1.29 is 14.2 Å². The van der Waals surface area contributed by atoms with Gasteiger partial charge in [-0.05, 0) is 35.2 Å². The van der Waals surface area contributed by atoms with Gasteiger partial charge in [-0.3, -0.25) is 0 Å². The third kappa shape index (κ3) is 2.74. The molecule has 3 heteroatoms. The summed E-state index contributed by atoms with van der Waals surface area (Å²) in [5, 5.41) is 10.3. The molecule has 2 aromatic rings. The molecule has 0 radical (unpaired) electrons. The maximum absolute atomic E-state index is 12.9. The molecule has 2 unspecified atom stereocenters. The van der Waals surface area contributed by atoms with Gasteiger partial charge in [-0.1, -0.05) is 36.4 Å². The summed E-state index contributed by atoms with van der Waals surface area (Å²) in [5.41, 5.74) is 3.16. The summed E-state index contributed by atoms with van der Waals surface area (Å²) in [4.78, 5) is 0. The number of aliphatic hydroxyl groups is 1. The van der Waals surface area contributed by atoms with Crippen molar-refractivity contribution in [1.29, 1.82) is 0 Å². The predicted octanol–water partition coefficient (Wildman–Crippen LogP) is 3.56. The zero-order valence-electron chi connectivity index (χ0n) is 11.1. The number of fused-ring (bicyclic) bond motifs is 1. The van der Waals surface area contributed by atoms with Crippen molar-refractivity contribution in [2.75, 3.05) is 6.61 Å². The minimum Gasteiger partial charge on any atom is -0.388 e. The van der Waals surface area contributed by atoms with Gasteiger partial charge < -0.3 is 9.84 Å². The number of ether oxygens (including phenoxy) is 1. The molecular formula is C17H17FO2. The van der Waals surface area contributed by atoms with E-state index >= 15 is 0 Å². The smallest absolute Gasteiger partial charge is 0.123 e. The van der Waals surface area contributed by atoms with E-state index in [0.29, 0.717) is 13.0 Å². The number of hydrogen-bond donors (Lipinski definition) is 1. The predicted molar refractivity (Wildman–Crippen MR) is 74.8 cm³/mol. The van der Waals surface area contributed by atoms with E-state index in [1.54, 1.807) is 12.1 Å². The van der Waals surface area contributed by atoms with Gasteiger partial charge in [0.15, 0.2) is 0 Å². The Bertz CT molecular complexity index is 580. The fourth-order valence-electron chi connectivity index (χ4n) is 2.70. The van der Waals surface area contributed by atoms with E-state index in [0.717, 1.165) is 17.5 Å². The molecule has 1 aliphatic heterocycles. The van der Waals surface area contributed by atoms with E-state index in [2.05, 4.69) is 12.1 Å². The number of aliphatic hydroxyl groups excluding tert-OH is 1. The van der Waals surface area contributed by atoms with Crippen LogP contribution in [0.4, 0.5) is 4.39 Å². The SMILES string of the molecule is OC(CC1OCCc2ccccc21)c1ccc(F)cc1. The quantitative estimate of drug-likeness (QED) is 0.925. The van der Waals surface area contributed by atoms with Crippen LogP contribution in [0.2, 0.25) is 0 Å². The lowest BCUT2D eigenvalue weighted by Crippen LogP contribution is -2.18. The van der Waals surface area contributed by atoms with Gasteiger partial charge >= 0.3 is 0 Å². The fourth-order valence-corrected chi connectivity index (χ4v) is 2.70. The summed E-state index contributed by atoms with van der Waals surface area (Å²) in [5.74, 6) is -0.291. The number of halogens is 1. The molecule has 0 aromatic heterocycles. The molecule has 0 bridgehead atoms. The Kier molecular flexibility index (Phi) is 3.81. The van der Waals surface area contributed by atoms with Gasteiger partial charge in [0.25, 0.3) is 0 Å². The highest BCUT2D eigenvalue weighted by atomic mass is 19.1. The van der Waals surface area contributed by atoms with Gasteiger partial charge in [0.05, 0.1) is 18.8 Å². The Labute approximate surface area is 117 Å². The molecule has 2 atom stereocenters. The Morgan fingerprint density at radius 1 is 1.15 bits per heavy atom. The summed E-state index contributed by atoms with van der Waals surface area (Å²) in [6.07, 6.45) is 0.661. The maximum Gasteiger partial charge on any atom is 0.123 e. The first-order valence-electron chi connectivity index (χ1n) is 6.87. The summed E-state index contributed by atoms with van der Waals surface area (Å²) in [6, 6.07) is 14.2. The van der Waals surface area contributed by atoms with Gasteiger partial charge in [-0.15, -0.1) is 0 Å². The molecule has 20 heavy (non-hydrogen) atoms. The average Bonchev–Trinajstić information content (AvgIpc) is 2.48. The zero-order chi connectivity index (χ0) is 13.9. The Balaban J connectivity index is 1.77. The molecular weight excluding hydrogens is 255 g/mol. The van der Waals surface area contributed by atoms with Gasteiger partial charge in [0, 0.05) is 6.42 Å². The van der Waals surface area contributed by atoms with Crippen molar-refractivity contribution >= 4 is 0 Å². The Hall–Kier alpha value is -1.71. The second-order valence-electron chi connectivity index (χ2n) is 5.11. The van der Waals surface area contributed by atoms with Crippen LogP contribution in [0.25, 0.3) is 0 Å². The minimum atomic E-state index is -0.647. The van der Waals surface area contributed by atoms with Crippen LogP contribution in [0.15, 0.2) is 48.5 Å². The van der Waals surface area contributed by atoms with E-state index in [-0.39, 0.29) is 11.9 Å². The van der Waals surface area contributed by atoms with Gasteiger partial charge in [0.2, 0.25) is 0 Å². The van der Waals surface area contributed by atoms with Crippen molar-refractivity contribution in [3.63, 3.8) is 0 Å².